The maximum absolute atomic E-state index is 6.31. The second-order valence-corrected chi connectivity index (χ2v) is 16.6. The van der Waals surface area contributed by atoms with E-state index in [1.807, 2.05) is 24.3 Å². The van der Waals surface area contributed by atoms with Crippen molar-refractivity contribution in [2.75, 3.05) is 0 Å². The van der Waals surface area contributed by atoms with Crippen LogP contribution in [0.5, 0.6) is 0 Å². The monoisotopic (exact) mass is 794 g/mol. The van der Waals surface area contributed by atoms with Crippen LogP contribution in [0.15, 0.2) is 199 Å². The van der Waals surface area contributed by atoms with Crippen LogP contribution in [0, 0.1) is 0 Å². The van der Waals surface area contributed by atoms with Gasteiger partial charge in [-0.25, -0.2) is 9.97 Å². The molecule has 0 amide bonds. The molecule has 0 spiro atoms. The van der Waals surface area contributed by atoms with Gasteiger partial charge in [-0.05, 0) is 118 Å². The molecule has 0 saturated carbocycles. The Bertz CT molecular complexity index is 3790. The second kappa shape index (κ2) is 13.5. The van der Waals surface area contributed by atoms with Crippen molar-refractivity contribution < 1.29 is 4.42 Å². The first kappa shape index (κ1) is 34.8. The Morgan fingerprint density at radius 3 is 2.11 bits per heavy atom. The standard InChI is InChI=1S/C57H38N4O/c1-35-44(39-25-28-51-48(33-39)45-16-5-8-19-49(45)60(51)42-14-3-2-4-15-42)27-29-52-54(35)46-17-6-9-20-50(46)61(52)43-26-24-36-22-23-38(31-41(36)32-43)37-12-11-13-40(30-37)55-57-56(59-34-58-55)47-18-7-10-21-53(47)62-57/h2-35,44H,1H3. The Hall–Kier alpha value is -8.02. The van der Waals surface area contributed by atoms with Crippen LogP contribution < -0.4 is 0 Å². The Morgan fingerprint density at radius 2 is 1.23 bits per heavy atom. The highest BCUT2D eigenvalue weighted by Gasteiger charge is 2.30. The molecular formula is C57H38N4O. The minimum Gasteiger partial charge on any atom is -0.452 e. The average molecular weight is 795 g/mol. The molecule has 0 radical (unpaired) electrons. The summed E-state index contributed by atoms with van der Waals surface area (Å²) >= 11 is 0. The molecule has 292 valence electrons. The summed E-state index contributed by atoms with van der Waals surface area (Å²) in [4.78, 5) is 9.29. The minimum atomic E-state index is 0.227. The van der Waals surface area contributed by atoms with E-state index in [1.165, 1.54) is 66.0 Å². The number of hydrogen-bond donors (Lipinski definition) is 0. The number of fused-ring (bicyclic) bond motifs is 10. The van der Waals surface area contributed by atoms with Crippen molar-refractivity contribution in [3.8, 4) is 33.8 Å². The molecule has 2 atom stereocenters. The van der Waals surface area contributed by atoms with Gasteiger partial charge in [0.15, 0.2) is 5.58 Å². The van der Waals surface area contributed by atoms with Crippen LogP contribution in [0.3, 0.4) is 0 Å². The molecule has 8 aromatic carbocycles. The predicted octanol–water partition coefficient (Wildman–Crippen LogP) is 14.8. The van der Waals surface area contributed by atoms with Gasteiger partial charge in [-0.15, -0.1) is 0 Å². The molecule has 0 saturated heterocycles. The van der Waals surface area contributed by atoms with E-state index in [2.05, 4.69) is 191 Å². The quantitative estimate of drug-likeness (QED) is 0.174. The zero-order valence-corrected chi connectivity index (χ0v) is 33.9. The normalized spacial score (nSPS) is 15.1. The fourth-order valence-corrected chi connectivity index (χ4v) is 10.3. The fourth-order valence-electron chi connectivity index (χ4n) is 10.3. The third-order valence-electron chi connectivity index (χ3n) is 13.2. The molecule has 0 bridgehead atoms. The number of rotatable bonds is 5. The molecule has 0 aliphatic heterocycles. The molecule has 2 unspecified atom stereocenters. The second-order valence-electron chi connectivity index (χ2n) is 16.6. The van der Waals surface area contributed by atoms with Gasteiger partial charge < -0.3 is 13.6 Å². The van der Waals surface area contributed by atoms with E-state index in [0.29, 0.717) is 5.58 Å². The molecule has 0 N–H and O–H groups in total. The summed E-state index contributed by atoms with van der Waals surface area (Å²) in [6, 6.07) is 65.7. The van der Waals surface area contributed by atoms with Gasteiger partial charge in [0.1, 0.15) is 23.1 Å². The van der Waals surface area contributed by atoms with Gasteiger partial charge in [0.25, 0.3) is 0 Å². The number of aromatic nitrogens is 4. The van der Waals surface area contributed by atoms with Gasteiger partial charge in [-0.2, -0.15) is 0 Å². The molecule has 1 aliphatic carbocycles. The summed E-state index contributed by atoms with van der Waals surface area (Å²) < 4.78 is 11.2. The largest absolute Gasteiger partial charge is 0.452 e. The van der Waals surface area contributed by atoms with Crippen LogP contribution in [0.4, 0.5) is 0 Å². The van der Waals surface area contributed by atoms with E-state index in [0.717, 1.165) is 44.6 Å². The third-order valence-corrected chi connectivity index (χ3v) is 13.2. The Morgan fingerprint density at radius 1 is 0.500 bits per heavy atom. The van der Waals surface area contributed by atoms with Gasteiger partial charge >= 0.3 is 0 Å². The summed E-state index contributed by atoms with van der Waals surface area (Å²) in [5.74, 6) is 0.487. The number of furan rings is 1. The molecular weight excluding hydrogens is 757 g/mol. The Balaban J connectivity index is 0.888. The summed E-state index contributed by atoms with van der Waals surface area (Å²) in [6.45, 7) is 2.41. The number of hydrogen-bond acceptors (Lipinski definition) is 3. The van der Waals surface area contributed by atoms with E-state index in [4.69, 9.17) is 9.40 Å². The van der Waals surface area contributed by atoms with Crippen LogP contribution in [-0.2, 0) is 0 Å². The molecule has 5 nitrogen and oxygen atoms in total. The zero-order chi connectivity index (χ0) is 40.9. The van der Waals surface area contributed by atoms with Crippen LogP contribution in [0.2, 0.25) is 0 Å². The van der Waals surface area contributed by atoms with Gasteiger partial charge in [-0.3, -0.25) is 0 Å². The van der Waals surface area contributed by atoms with Crippen LogP contribution in [0.1, 0.15) is 35.6 Å². The van der Waals surface area contributed by atoms with E-state index < -0.39 is 0 Å². The lowest BCUT2D eigenvalue weighted by molar-refractivity contribution is 0.667. The molecule has 4 aromatic heterocycles. The smallest absolute Gasteiger partial charge is 0.180 e. The van der Waals surface area contributed by atoms with E-state index >= 15 is 0 Å². The van der Waals surface area contributed by atoms with Crippen molar-refractivity contribution in [3.63, 3.8) is 0 Å². The number of para-hydroxylation sites is 4. The fraction of sp³-hybridized carbons (Fsp3) is 0.0526. The third kappa shape index (κ3) is 5.21. The van der Waals surface area contributed by atoms with Crippen molar-refractivity contribution in [3.05, 3.63) is 211 Å². The maximum Gasteiger partial charge on any atom is 0.180 e. The highest BCUT2D eigenvalue weighted by molar-refractivity contribution is 6.10. The van der Waals surface area contributed by atoms with Gasteiger partial charge in [0.2, 0.25) is 0 Å². The van der Waals surface area contributed by atoms with Crippen molar-refractivity contribution in [2.45, 2.75) is 18.8 Å². The molecule has 13 rings (SSSR count). The number of allylic oxidation sites excluding steroid dienone is 1. The Labute approximate surface area is 357 Å². The molecule has 62 heavy (non-hydrogen) atoms. The molecule has 12 aromatic rings. The predicted molar refractivity (Wildman–Crippen MR) is 255 cm³/mol. The summed E-state index contributed by atoms with van der Waals surface area (Å²) in [5, 5.41) is 7.25. The molecule has 1 aliphatic rings. The zero-order valence-electron chi connectivity index (χ0n) is 33.9. The maximum atomic E-state index is 6.31. The van der Waals surface area contributed by atoms with Crippen LogP contribution in [0.25, 0.3) is 105 Å². The average Bonchev–Trinajstić information content (AvgIpc) is 4.00. The lowest BCUT2D eigenvalue weighted by atomic mass is 9.78. The van der Waals surface area contributed by atoms with Gasteiger partial charge in [0, 0.05) is 44.4 Å². The van der Waals surface area contributed by atoms with E-state index in [1.54, 1.807) is 6.33 Å². The summed E-state index contributed by atoms with van der Waals surface area (Å²) in [5.41, 5.74) is 16.4. The van der Waals surface area contributed by atoms with Crippen molar-refractivity contribution in [1.29, 1.82) is 0 Å². The topological polar surface area (TPSA) is 48.8 Å². The van der Waals surface area contributed by atoms with Crippen LogP contribution in [-0.4, -0.2) is 19.1 Å². The van der Waals surface area contributed by atoms with Crippen molar-refractivity contribution in [2.24, 2.45) is 0 Å². The van der Waals surface area contributed by atoms with Gasteiger partial charge in [0.05, 0.1) is 22.2 Å². The first-order chi connectivity index (χ1) is 30.7. The number of benzene rings is 8. The lowest BCUT2D eigenvalue weighted by Gasteiger charge is -2.27. The number of nitrogens with zero attached hydrogens (tertiary/aromatic N) is 4. The highest BCUT2D eigenvalue weighted by atomic mass is 16.3. The minimum absolute atomic E-state index is 0.227. The molecule has 4 heterocycles. The van der Waals surface area contributed by atoms with Crippen molar-refractivity contribution in [1.82, 2.24) is 19.1 Å². The molecule has 5 heteroatoms. The highest BCUT2D eigenvalue weighted by Crippen LogP contribution is 2.47. The first-order valence-electron chi connectivity index (χ1n) is 21.3. The summed E-state index contributed by atoms with van der Waals surface area (Å²) in [6.07, 6.45) is 6.44. The van der Waals surface area contributed by atoms with Crippen molar-refractivity contribution >= 4 is 71.6 Å². The van der Waals surface area contributed by atoms with Crippen LogP contribution >= 0.6 is 0 Å². The summed E-state index contributed by atoms with van der Waals surface area (Å²) in [7, 11) is 0. The first-order valence-corrected chi connectivity index (χ1v) is 21.3. The molecule has 0 fully saturated rings. The van der Waals surface area contributed by atoms with Gasteiger partial charge in [-0.1, -0.05) is 122 Å². The van der Waals surface area contributed by atoms with E-state index in [9.17, 15) is 0 Å². The SMILES string of the molecule is CC1c2c(n(-c3ccc4ccc(-c5cccc(-c6ncnc7c6oc6ccccc67)c5)cc4c3)c3ccccc23)C=CC1c1ccc2c(c1)c1ccccc1n2-c1ccccc1. The lowest BCUT2D eigenvalue weighted by Crippen LogP contribution is -2.12. The Kier molecular flexibility index (Phi) is 7.58. The van der Waals surface area contributed by atoms with E-state index in [-0.39, 0.29) is 11.8 Å².